The molecule has 0 aliphatic heterocycles. The molecule has 0 aromatic heterocycles. The van der Waals surface area contributed by atoms with Crippen molar-refractivity contribution in [3.63, 3.8) is 0 Å². The third-order valence-electron chi connectivity index (χ3n) is 4.75. The van der Waals surface area contributed by atoms with E-state index in [2.05, 4.69) is 51.3 Å². The van der Waals surface area contributed by atoms with Crippen LogP contribution in [0.25, 0.3) is 0 Å². The molecule has 1 nitrogen and oxygen atoms in total. The van der Waals surface area contributed by atoms with Crippen LogP contribution in [0, 0.1) is 11.3 Å². The van der Waals surface area contributed by atoms with Gasteiger partial charge in [0, 0.05) is 6.54 Å². The van der Waals surface area contributed by atoms with Gasteiger partial charge in [0.2, 0.25) is 0 Å². The van der Waals surface area contributed by atoms with Crippen LogP contribution in [0.4, 0.5) is 0 Å². The van der Waals surface area contributed by atoms with Gasteiger partial charge in [-0.05, 0) is 60.8 Å². The minimum atomic E-state index is 0.349. The van der Waals surface area contributed by atoms with Crippen LogP contribution in [0.15, 0.2) is 18.2 Å². The summed E-state index contributed by atoms with van der Waals surface area (Å²) in [5, 5.41) is 3.36. The summed E-state index contributed by atoms with van der Waals surface area (Å²) in [6, 6.07) is 7.16. The van der Waals surface area contributed by atoms with Crippen molar-refractivity contribution in [1.82, 2.24) is 5.32 Å². The lowest BCUT2D eigenvalue weighted by Gasteiger charge is -2.34. The molecule has 1 aromatic carbocycles. The molecular weight excluding hydrogens is 218 g/mol. The fourth-order valence-electron chi connectivity index (χ4n) is 3.08. The lowest BCUT2D eigenvalue weighted by atomic mass is 9.74. The summed E-state index contributed by atoms with van der Waals surface area (Å²) in [7, 11) is 2.06. The van der Waals surface area contributed by atoms with Crippen LogP contribution < -0.4 is 5.32 Å². The smallest absolute Gasteiger partial charge is 0.000780 e. The van der Waals surface area contributed by atoms with Crippen LogP contribution in [0.5, 0.6) is 0 Å². The Bertz CT molecular complexity index is 408. The van der Waals surface area contributed by atoms with Crippen molar-refractivity contribution in [2.75, 3.05) is 13.6 Å². The molecule has 2 rings (SSSR count). The Morgan fingerprint density at radius 1 is 1.22 bits per heavy atom. The first-order chi connectivity index (χ1) is 8.55. The van der Waals surface area contributed by atoms with E-state index >= 15 is 0 Å². The summed E-state index contributed by atoms with van der Waals surface area (Å²) in [4.78, 5) is 0. The molecule has 1 aliphatic carbocycles. The predicted molar refractivity (Wildman–Crippen MR) is 79.0 cm³/mol. The molecular formula is C17H27N. The zero-order valence-corrected chi connectivity index (χ0v) is 12.3. The highest BCUT2D eigenvalue weighted by Crippen LogP contribution is 2.32. The second-order valence-electron chi connectivity index (χ2n) is 6.47. The first kappa shape index (κ1) is 13.6. The third kappa shape index (κ3) is 2.77. The third-order valence-corrected chi connectivity index (χ3v) is 4.75. The molecule has 0 bridgehead atoms. The van der Waals surface area contributed by atoms with Gasteiger partial charge < -0.3 is 5.32 Å². The average Bonchev–Trinajstić information content (AvgIpc) is 2.76. The van der Waals surface area contributed by atoms with Crippen LogP contribution in [-0.2, 0) is 19.3 Å². The lowest BCUT2D eigenvalue weighted by molar-refractivity contribution is 0.212. The van der Waals surface area contributed by atoms with Gasteiger partial charge in [0.15, 0.2) is 0 Å². The Morgan fingerprint density at radius 2 is 1.94 bits per heavy atom. The molecule has 1 heteroatoms. The summed E-state index contributed by atoms with van der Waals surface area (Å²) in [5.41, 5.74) is 5.05. The van der Waals surface area contributed by atoms with Gasteiger partial charge in [0.05, 0.1) is 0 Å². The van der Waals surface area contributed by atoms with Crippen molar-refractivity contribution in [1.29, 1.82) is 0 Å². The highest BCUT2D eigenvalue weighted by molar-refractivity contribution is 5.35. The van der Waals surface area contributed by atoms with E-state index in [1.54, 1.807) is 11.1 Å². The van der Waals surface area contributed by atoms with Gasteiger partial charge >= 0.3 is 0 Å². The molecule has 1 atom stereocenters. The molecule has 100 valence electrons. The van der Waals surface area contributed by atoms with Gasteiger partial charge in [-0.2, -0.15) is 0 Å². The Labute approximate surface area is 112 Å². The molecule has 1 N–H and O–H groups in total. The number of fused-ring (bicyclic) bond motifs is 1. The number of hydrogen-bond donors (Lipinski definition) is 1. The molecule has 0 fully saturated rings. The molecule has 1 unspecified atom stereocenters. The minimum Gasteiger partial charge on any atom is -0.319 e. The molecule has 0 radical (unpaired) electrons. The Kier molecular flexibility index (Phi) is 4.11. The zero-order valence-electron chi connectivity index (χ0n) is 12.3. The first-order valence-electron chi connectivity index (χ1n) is 7.30. The maximum atomic E-state index is 3.36. The topological polar surface area (TPSA) is 12.0 Å². The van der Waals surface area contributed by atoms with E-state index < -0.39 is 0 Å². The molecule has 0 spiro atoms. The van der Waals surface area contributed by atoms with Crippen LogP contribution >= 0.6 is 0 Å². The molecule has 18 heavy (non-hydrogen) atoms. The normalized spacial score (nSPS) is 17.8. The number of benzene rings is 1. The van der Waals surface area contributed by atoms with Gasteiger partial charge in [-0.15, -0.1) is 0 Å². The second-order valence-corrected chi connectivity index (χ2v) is 6.47. The maximum absolute atomic E-state index is 3.36. The molecule has 1 aliphatic rings. The van der Waals surface area contributed by atoms with Crippen molar-refractivity contribution >= 4 is 0 Å². The Morgan fingerprint density at radius 3 is 2.61 bits per heavy atom. The van der Waals surface area contributed by atoms with E-state index in [1.807, 2.05) is 0 Å². The largest absolute Gasteiger partial charge is 0.319 e. The second kappa shape index (κ2) is 5.44. The van der Waals surface area contributed by atoms with E-state index in [1.165, 1.54) is 31.2 Å². The van der Waals surface area contributed by atoms with Crippen molar-refractivity contribution in [3.8, 4) is 0 Å². The Hall–Kier alpha value is -0.820. The van der Waals surface area contributed by atoms with E-state index in [9.17, 15) is 0 Å². The average molecular weight is 245 g/mol. The van der Waals surface area contributed by atoms with Gasteiger partial charge in [-0.3, -0.25) is 0 Å². The van der Waals surface area contributed by atoms with E-state index in [-0.39, 0.29) is 0 Å². The van der Waals surface area contributed by atoms with E-state index in [4.69, 9.17) is 0 Å². The van der Waals surface area contributed by atoms with Crippen molar-refractivity contribution in [2.45, 2.75) is 46.5 Å². The van der Waals surface area contributed by atoms with Gasteiger partial charge in [0.1, 0.15) is 0 Å². The predicted octanol–water partition coefficient (Wildman–Crippen LogP) is 3.60. The van der Waals surface area contributed by atoms with Crippen LogP contribution in [0.1, 0.15) is 43.9 Å². The van der Waals surface area contributed by atoms with E-state index in [0.717, 1.165) is 6.54 Å². The van der Waals surface area contributed by atoms with Crippen molar-refractivity contribution in [2.24, 2.45) is 11.3 Å². The van der Waals surface area contributed by atoms with Gasteiger partial charge in [-0.1, -0.05) is 39.0 Å². The maximum Gasteiger partial charge on any atom is 0.000780 e. The SMILES string of the molecule is CNCC(C)(Cc1ccc2c(c1)CCC2)C(C)C. The molecule has 0 amide bonds. The fourth-order valence-corrected chi connectivity index (χ4v) is 3.08. The van der Waals surface area contributed by atoms with Gasteiger partial charge in [-0.25, -0.2) is 0 Å². The lowest BCUT2D eigenvalue weighted by Crippen LogP contribution is -2.36. The standard InChI is InChI=1S/C17H27N/c1-13(2)17(3,12-18-4)11-14-8-9-15-6-5-7-16(15)10-14/h8-10,13,18H,5-7,11-12H2,1-4H3. The van der Waals surface area contributed by atoms with Crippen LogP contribution in [-0.4, -0.2) is 13.6 Å². The zero-order chi connectivity index (χ0) is 13.2. The molecule has 0 heterocycles. The highest BCUT2D eigenvalue weighted by atomic mass is 14.8. The summed E-state index contributed by atoms with van der Waals surface area (Å²) < 4.78 is 0. The van der Waals surface area contributed by atoms with Crippen molar-refractivity contribution in [3.05, 3.63) is 34.9 Å². The molecule has 1 aromatic rings. The first-order valence-corrected chi connectivity index (χ1v) is 7.30. The summed E-state index contributed by atoms with van der Waals surface area (Å²) in [6.07, 6.45) is 5.09. The number of aryl methyl sites for hydroxylation is 2. The summed E-state index contributed by atoms with van der Waals surface area (Å²) in [6.45, 7) is 8.17. The summed E-state index contributed by atoms with van der Waals surface area (Å²) in [5.74, 6) is 0.693. The molecule has 0 saturated carbocycles. The quantitative estimate of drug-likeness (QED) is 0.836. The van der Waals surface area contributed by atoms with Crippen molar-refractivity contribution < 1.29 is 0 Å². The Balaban J connectivity index is 2.16. The van der Waals surface area contributed by atoms with E-state index in [0.29, 0.717) is 11.3 Å². The highest BCUT2D eigenvalue weighted by Gasteiger charge is 2.28. The summed E-state index contributed by atoms with van der Waals surface area (Å²) >= 11 is 0. The number of nitrogens with one attached hydrogen (secondary N) is 1. The van der Waals surface area contributed by atoms with Crippen LogP contribution in [0.2, 0.25) is 0 Å². The number of rotatable bonds is 5. The van der Waals surface area contributed by atoms with Crippen LogP contribution in [0.3, 0.4) is 0 Å². The monoisotopic (exact) mass is 245 g/mol. The molecule has 0 saturated heterocycles. The van der Waals surface area contributed by atoms with Gasteiger partial charge in [0.25, 0.3) is 0 Å². The fraction of sp³-hybridized carbons (Fsp3) is 0.647. The number of hydrogen-bond acceptors (Lipinski definition) is 1. The minimum absolute atomic E-state index is 0.349.